The number of nitrogens with one attached hydrogen (secondary N) is 2. The Hall–Kier alpha value is -3.94. The molecule has 1 aliphatic heterocycles. The first-order valence-electron chi connectivity index (χ1n) is 10.1. The van der Waals surface area contributed by atoms with E-state index >= 15 is 0 Å². The monoisotopic (exact) mass is 435 g/mol. The summed E-state index contributed by atoms with van der Waals surface area (Å²) in [5.74, 6) is -2.16. The Morgan fingerprint density at radius 3 is 2.41 bits per heavy atom. The standard InChI is InChI=1S/C24H25N3O5/c1-14-13-27(3)23(31)21(22(14)30)26-24(32)25-19(12-20(28)29)18-11-7-10-17(15(18)2)16-8-5-4-6-9-16/h4-11,13,19,21H,12H2,1-3H3,(H,28,29)(H2,25,26,32). The summed E-state index contributed by atoms with van der Waals surface area (Å²) in [6.45, 7) is 3.42. The second-order valence-electron chi connectivity index (χ2n) is 7.71. The zero-order chi connectivity index (χ0) is 23.4. The van der Waals surface area contributed by atoms with Crippen LogP contribution in [0, 0.1) is 6.92 Å². The average Bonchev–Trinajstić information content (AvgIpc) is 2.75. The zero-order valence-corrected chi connectivity index (χ0v) is 18.1. The average molecular weight is 435 g/mol. The number of benzene rings is 2. The number of rotatable bonds is 6. The Labute approximate surface area is 185 Å². The number of carboxylic acid groups (broad SMARTS) is 1. The van der Waals surface area contributed by atoms with E-state index in [-0.39, 0.29) is 6.42 Å². The molecule has 2 aromatic rings. The van der Waals surface area contributed by atoms with Crippen molar-refractivity contribution in [1.29, 1.82) is 0 Å². The Bertz CT molecular complexity index is 1090. The number of aliphatic carboxylic acids is 1. The van der Waals surface area contributed by atoms with Gasteiger partial charge in [0, 0.05) is 18.8 Å². The highest BCUT2D eigenvalue weighted by atomic mass is 16.4. The number of urea groups is 1. The zero-order valence-electron chi connectivity index (χ0n) is 18.1. The third kappa shape index (κ3) is 4.85. The maximum atomic E-state index is 12.7. The molecular weight excluding hydrogens is 410 g/mol. The van der Waals surface area contributed by atoms with E-state index in [2.05, 4.69) is 10.6 Å². The molecule has 32 heavy (non-hydrogen) atoms. The summed E-state index contributed by atoms with van der Waals surface area (Å²) < 4.78 is 0. The lowest BCUT2D eigenvalue weighted by Crippen LogP contribution is -2.56. The third-order valence-corrected chi connectivity index (χ3v) is 5.43. The highest BCUT2D eigenvalue weighted by Gasteiger charge is 2.35. The number of hydrogen-bond acceptors (Lipinski definition) is 4. The molecule has 2 atom stereocenters. The number of Topliss-reactive ketones (excluding diaryl/α,β-unsaturated/α-hetero) is 1. The van der Waals surface area contributed by atoms with Crippen molar-refractivity contribution in [1.82, 2.24) is 15.5 Å². The van der Waals surface area contributed by atoms with Gasteiger partial charge < -0.3 is 20.6 Å². The summed E-state index contributed by atoms with van der Waals surface area (Å²) in [5, 5.41) is 14.4. The molecule has 0 spiro atoms. The maximum absolute atomic E-state index is 12.7. The number of amides is 3. The van der Waals surface area contributed by atoms with E-state index in [1.165, 1.54) is 18.1 Å². The number of nitrogens with zero attached hydrogens (tertiary/aromatic N) is 1. The van der Waals surface area contributed by atoms with Crippen molar-refractivity contribution in [3.8, 4) is 11.1 Å². The van der Waals surface area contributed by atoms with E-state index in [1.807, 2.05) is 43.3 Å². The highest BCUT2D eigenvalue weighted by Crippen LogP contribution is 2.30. The van der Waals surface area contributed by atoms with Crippen LogP contribution < -0.4 is 10.6 Å². The van der Waals surface area contributed by atoms with Gasteiger partial charge in [0.15, 0.2) is 11.8 Å². The topological polar surface area (TPSA) is 116 Å². The highest BCUT2D eigenvalue weighted by molar-refractivity contribution is 6.16. The number of hydrogen-bond donors (Lipinski definition) is 3. The molecule has 0 aliphatic carbocycles. The van der Waals surface area contributed by atoms with Gasteiger partial charge in [-0.3, -0.25) is 14.4 Å². The summed E-state index contributed by atoms with van der Waals surface area (Å²) in [7, 11) is 1.50. The number of likely N-dealkylation sites (N-methyl/N-ethyl adjacent to an activating group) is 1. The quantitative estimate of drug-likeness (QED) is 0.604. The number of carboxylic acids is 1. The molecule has 8 heteroatoms. The minimum absolute atomic E-state index is 0.339. The molecule has 3 rings (SSSR count). The molecule has 3 amide bonds. The van der Waals surface area contributed by atoms with Gasteiger partial charge >= 0.3 is 12.0 Å². The van der Waals surface area contributed by atoms with Gasteiger partial charge in [0.1, 0.15) is 0 Å². The number of ketones is 1. The first-order valence-corrected chi connectivity index (χ1v) is 10.1. The molecule has 3 N–H and O–H groups in total. The Balaban J connectivity index is 1.86. The molecule has 1 aliphatic rings. The normalized spacial score (nSPS) is 16.9. The van der Waals surface area contributed by atoms with Crippen LogP contribution in [0.15, 0.2) is 60.3 Å². The van der Waals surface area contributed by atoms with E-state index < -0.39 is 35.8 Å². The molecular formula is C24H25N3O5. The lowest BCUT2D eigenvalue weighted by Gasteiger charge is -2.27. The van der Waals surface area contributed by atoms with Gasteiger partial charge in [0.05, 0.1) is 12.5 Å². The van der Waals surface area contributed by atoms with E-state index in [9.17, 15) is 24.3 Å². The van der Waals surface area contributed by atoms with Crippen LogP contribution in [0.4, 0.5) is 4.79 Å². The van der Waals surface area contributed by atoms with Crippen LogP contribution in [0.1, 0.15) is 30.5 Å². The lowest BCUT2D eigenvalue weighted by atomic mass is 9.91. The SMILES string of the molecule is CC1=CN(C)C(=O)C(NC(=O)NC(CC(=O)O)c2cccc(-c3ccccc3)c2C)C1=O. The summed E-state index contributed by atoms with van der Waals surface area (Å²) in [5.41, 5.74) is 3.69. The van der Waals surface area contributed by atoms with Crippen LogP contribution in [0.2, 0.25) is 0 Å². The van der Waals surface area contributed by atoms with E-state index in [0.717, 1.165) is 16.7 Å². The van der Waals surface area contributed by atoms with Gasteiger partial charge in [-0.05, 0) is 36.1 Å². The van der Waals surface area contributed by atoms with Crippen LogP contribution in [0.3, 0.4) is 0 Å². The molecule has 0 saturated carbocycles. The van der Waals surface area contributed by atoms with Crippen LogP contribution in [-0.2, 0) is 14.4 Å². The van der Waals surface area contributed by atoms with Gasteiger partial charge in [-0.1, -0.05) is 48.5 Å². The summed E-state index contributed by atoms with van der Waals surface area (Å²) in [6.07, 6.45) is 1.05. The largest absolute Gasteiger partial charge is 0.481 e. The minimum atomic E-state index is -1.35. The van der Waals surface area contributed by atoms with Gasteiger partial charge in [-0.15, -0.1) is 0 Å². The van der Waals surface area contributed by atoms with Crippen molar-refractivity contribution < 1.29 is 24.3 Å². The summed E-state index contributed by atoms with van der Waals surface area (Å²) >= 11 is 0. The predicted molar refractivity (Wildman–Crippen MR) is 119 cm³/mol. The molecule has 2 unspecified atom stereocenters. The van der Waals surface area contributed by atoms with E-state index in [4.69, 9.17) is 0 Å². The molecule has 0 radical (unpaired) electrons. The van der Waals surface area contributed by atoms with E-state index in [0.29, 0.717) is 11.1 Å². The van der Waals surface area contributed by atoms with E-state index in [1.54, 1.807) is 19.1 Å². The molecule has 1 heterocycles. The van der Waals surface area contributed by atoms with Crippen molar-refractivity contribution in [2.24, 2.45) is 0 Å². The van der Waals surface area contributed by atoms with Gasteiger partial charge in [-0.25, -0.2) is 4.79 Å². The third-order valence-electron chi connectivity index (χ3n) is 5.43. The van der Waals surface area contributed by atoms with Crippen LogP contribution in [0.25, 0.3) is 11.1 Å². The smallest absolute Gasteiger partial charge is 0.316 e. The van der Waals surface area contributed by atoms with Crippen LogP contribution >= 0.6 is 0 Å². The molecule has 0 aromatic heterocycles. The first kappa shape index (κ1) is 22.7. The predicted octanol–water partition coefficient (Wildman–Crippen LogP) is 2.79. The molecule has 0 fully saturated rings. The molecule has 8 nitrogen and oxygen atoms in total. The fourth-order valence-corrected chi connectivity index (χ4v) is 3.79. The fraction of sp³-hybridized carbons (Fsp3) is 0.250. The van der Waals surface area contributed by atoms with Crippen molar-refractivity contribution >= 4 is 23.7 Å². The van der Waals surface area contributed by atoms with Crippen LogP contribution in [-0.4, -0.2) is 46.8 Å². The molecule has 2 aromatic carbocycles. The molecule has 166 valence electrons. The number of carbonyl (C=O) groups is 4. The van der Waals surface area contributed by atoms with Gasteiger partial charge in [-0.2, -0.15) is 0 Å². The summed E-state index contributed by atoms with van der Waals surface area (Å²) in [4.78, 5) is 50.1. The van der Waals surface area contributed by atoms with Crippen molar-refractivity contribution in [2.45, 2.75) is 32.4 Å². The molecule has 0 bridgehead atoms. The van der Waals surface area contributed by atoms with Gasteiger partial charge in [0.2, 0.25) is 0 Å². The fourth-order valence-electron chi connectivity index (χ4n) is 3.79. The van der Waals surface area contributed by atoms with Crippen LogP contribution in [0.5, 0.6) is 0 Å². The second kappa shape index (κ2) is 9.47. The Kier molecular flexibility index (Phi) is 6.73. The summed E-state index contributed by atoms with van der Waals surface area (Å²) in [6, 6.07) is 12.1. The maximum Gasteiger partial charge on any atom is 0.316 e. The van der Waals surface area contributed by atoms with Crippen molar-refractivity contribution in [2.75, 3.05) is 7.05 Å². The lowest BCUT2D eigenvalue weighted by molar-refractivity contribution is -0.138. The van der Waals surface area contributed by atoms with Crippen molar-refractivity contribution in [3.63, 3.8) is 0 Å². The number of carbonyl (C=O) groups excluding carboxylic acids is 3. The second-order valence-corrected chi connectivity index (χ2v) is 7.71. The first-order chi connectivity index (χ1) is 15.2. The van der Waals surface area contributed by atoms with Crippen molar-refractivity contribution in [3.05, 3.63) is 71.4 Å². The molecule has 0 saturated heterocycles. The Morgan fingerprint density at radius 2 is 1.75 bits per heavy atom. The van der Waals surface area contributed by atoms with Gasteiger partial charge in [0.25, 0.3) is 5.91 Å². The minimum Gasteiger partial charge on any atom is -0.481 e. The Morgan fingerprint density at radius 1 is 1.06 bits per heavy atom.